The van der Waals surface area contributed by atoms with Crippen molar-refractivity contribution in [2.75, 3.05) is 6.54 Å². The van der Waals surface area contributed by atoms with E-state index in [0.717, 1.165) is 24.8 Å². The predicted molar refractivity (Wildman–Crippen MR) is 71.6 cm³/mol. The third kappa shape index (κ3) is 3.71. The Balaban J connectivity index is 1.56. The van der Waals surface area contributed by atoms with Gasteiger partial charge in [-0.25, -0.2) is 0 Å². The van der Waals surface area contributed by atoms with E-state index in [2.05, 4.69) is 17.7 Å². The molecule has 0 aromatic rings. The average molecular weight is 252 g/mol. The first-order chi connectivity index (χ1) is 8.70. The number of rotatable bonds is 7. The number of unbranched alkanes of at least 4 members (excludes halogenated alkanes) is 2. The molecule has 0 radical (unpaired) electrons. The van der Waals surface area contributed by atoms with Crippen LogP contribution in [0.25, 0.3) is 0 Å². The zero-order valence-electron chi connectivity index (χ0n) is 11.0. The molecule has 0 aromatic heterocycles. The minimum Gasteiger partial charge on any atom is -0.360 e. The van der Waals surface area contributed by atoms with E-state index in [1.165, 1.54) is 31.9 Å². The van der Waals surface area contributed by atoms with Crippen LogP contribution < -0.4 is 10.7 Å². The van der Waals surface area contributed by atoms with Crippen molar-refractivity contribution in [1.82, 2.24) is 15.8 Å². The molecule has 1 aliphatic heterocycles. The number of nitrogens with one attached hydrogen (secondary N) is 3. The molecule has 3 atom stereocenters. The number of aliphatic hydroxyl groups excluding tert-OH is 1. The summed E-state index contributed by atoms with van der Waals surface area (Å²) in [6.45, 7) is 3.15. The lowest BCUT2D eigenvalue weighted by atomic mass is 10.1. The Morgan fingerprint density at radius 2 is 2.22 bits per heavy atom. The number of hydrogen-bond donors (Lipinski definition) is 4. The first kappa shape index (κ1) is 13.4. The van der Waals surface area contributed by atoms with Crippen molar-refractivity contribution in [1.29, 1.82) is 5.41 Å². The van der Waals surface area contributed by atoms with Gasteiger partial charge in [0.15, 0.2) is 0 Å². The fraction of sp³-hybridized carbons (Fsp3) is 0.769. The highest BCUT2D eigenvalue weighted by molar-refractivity contribution is 5.68. The molecule has 18 heavy (non-hydrogen) atoms. The van der Waals surface area contributed by atoms with Crippen molar-refractivity contribution in [3.8, 4) is 0 Å². The largest absolute Gasteiger partial charge is 0.360 e. The first-order valence-electron chi connectivity index (χ1n) is 6.89. The van der Waals surface area contributed by atoms with E-state index < -0.39 is 6.35 Å². The molecule has 4 N–H and O–H groups in total. The smallest absolute Gasteiger partial charge is 0.202 e. The number of aliphatic hydroxyl groups is 1. The highest BCUT2D eigenvalue weighted by Gasteiger charge is 2.31. The molecule has 5 heteroatoms. The minimum atomic E-state index is -0.681. The van der Waals surface area contributed by atoms with Gasteiger partial charge in [0.05, 0.1) is 0 Å². The Labute approximate surface area is 109 Å². The van der Waals surface area contributed by atoms with Crippen LogP contribution in [-0.2, 0) is 0 Å². The molecule has 0 bridgehead atoms. The standard InChI is InChI=1S/C13H24N4O/c1-10-9-11(10)5-3-2-4-8-17-13(18)15-12(16-17)6-7-14/h6-7,10-11,13-16,18H,2-5,8-9H2,1H3/b12-6-,14-7?/t10?,11-,13?/m1/s1. The molecule has 0 spiro atoms. The van der Waals surface area contributed by atoms with Gasteiger partial charge in [0, 0.05) is 12.8 Å². The fourth-order valence-corrected chi connectivity index (χ4v) is 2.48. The molecule has 1 aliphatic carbocycles. The second-order valence-electron chi connectivity index (χ2n) is 5.39. The van der Waals surface area contributed by atoms with Gasteiger partial charge in [-0.15, -0.1) is 0 Å². The maximum absolute atomic E-state index is 9.71. The van der Waals surface area contributed by atoms with E-state index in [1.54, 1.807) is 11.1 Å². The minimum absolute atomic E-state index is 0.681. The van der Waals surface area contributed by atoms with E-state index in [4.69, 9.17) is 5.41 Å². The SMILES string of the molecule is CC1C[C@H]1CCCCCN1N/C(=C\C=N)NC1O. The summed E-state index contributed by atoms with van der Waals surface area (Å²) in [5.41, 5.74) is 3.04. The molecule has 0 aromatic carbocycles. The van der Waals surface area contributed by atoms with Gasteiger partial charge >= 0.3 is 0 Å². The van der Waals surface area contributed by atoms with Crippen LogP contribution in [0.1, 0.15) is 39.0 Å². The highest BCUT2D eigenvalue weighted by Crippen LogP contribution is 2.41. The molecule has 1 heterocycles. The molecular formula is C13H24N4O. The molecule has 0 amide bonds. The Morgan fingerprint density at radius 3 is 2.89 bits per heavy atom. The average Bonchev–Trinajstić information content (AvgIpc) is 2.91. The summed E-state index contributed by atoms with van der Waals surface area (Å²) in [6, 6.07) is 0. The Hall–Kier alpha value is -1.07. The van der Waals surface area contributed by atoms with Crippen LogP contribution >= 0.6 is 0 Å². The summed E-state index contributed by atoms with van der Waals surface area (Å²) in [7, 11) is 0. The summed E-state index contributed by atoms with van der Waals surface area (Å²) >= 11 is 0. The summed E-state index contributed by atoms with van der Waals surface area (Å²) < 4.78 is 0. The van der Waals surface area contributed by atoms with Crippen LogP contribution in [0.15, 0.2) is 11.9 Å². The number of allylic oxidation sites excluding steroid dienone is 1. The van der Waals surface area contributed by atoms with Gasteiger partial charge < -0.3 is 21.3 Å². The molecule has 2 unspecified atom stereocenters. The molecule has 2 rings (SSSR count). The Morgan fingerprint density at radius 1 is 1.44 bits per heavy atom. The van der Waals surface area contributed by atoms with E-state index in [1.807, 2.05) is 0 Å². The van der Waals surface area contributed by atoms with Crippen LogP contribution in [0.3, 0.4) is 0 Å². The maximum atomic E-state index is 9.71. The van der Waals surface area contributed by atoms with Crippen LogP contribution in [-0.4, -0.2) is 29.2 Å². The summed E-state index contributed by atoms with van der Waals surface area (Å²) in [5, 5.41) is 21.3. The number of hydrazine groups is 1. The van der Waals surface area contributed by atoms with Gasteiger partial charge in [-0.1, -0.05) is 26.2 Å². The summed E-state index contributed by atoms with van der Waals surface area (Å²) in [5.74, 6) is 2.64. The van der Waals surface area contributed by atoms with Gasteiger partial charge in [0.1, 0.15) is 5.82 Å². The van der Waals surface area contributed by atoms with E-state index in [-0.39, 0.29) is 0 Å². The molecule has 2 aliphatic rings. The zero-order chi connectivity index (χ0) is 13.0. The van der Waals surface area contributed by atoms with Crippen molar-refractivity contribution in [3.05, 3.63) is 11.9 Å². The third-order valence-electron chi connectivity index (χ3n) is 3.84. The van der Waals surface area contributed by atoms with Crippen molar-refractivity contribution in [3.63, 3.8) is 0 Å². The lowest BCUT2D eigenvalue weighted by Crippen LogP contribution is -2.39. The molecule has 102 valence electrons. The van der Waals surface area contributed by atoms with E-state index in [0.29, 0.717) is 5.82 Å². The molecule has 2 fully saturated rings. The topological polar surface area (TPSA) is 71.4 Å². The van der Waals surface area contributed by atoms with E-state index >= 15 is 0 Å². The van der Waals surface area contributed by atoms with E-state index in [9.17, 15) is 5.11 Å². The van der Waals surface area contributed by atoms with Crippen LogP contribution in [0.2, 0.25) is 0 Å². The third-order valence-corrected chi connectivity index (χ3v) is 3.84. The quantitative estimate of drug-likeness (QED) is 0.408. The molecule has 1 saturated carbocycles. The lowest BCUT2D eigenvalue weighted by Gasteiger charge is -2.17. The van der Waals surface area contributed by atoms with Crippen molar-refractivity contribution < 1.29 is 5.11 Å². The van der Waals surface area contributed by atoms with Crippen LogP contribution in [0.5, 0.6) is 0 Å². The van der Waals surface area contributed by atoms with Crippen LogP contribution in [0, 0.1) is 17.2 Å². The normalized spacial score (nSPS) is 33.2. The maximum Gasteiger partial charge on any atom is 0.202 e. The highest BCUT2D eigenvalue weighted by atomic mass is 16.3. The van der Waals surface area contributed by atoms with Gasteiger partial charge in [-0.05, 0) is 30.8 Å². The van der Waals surface area contributed by atoms with Crippen molar-refractivity contribution >= 4 is 6.21 Å². The second kappa shape index (κ2) is 6.20. The first-order valence-corrected chi connectivity index (χ1v) is 6.89. The fourth-order valence-electron chi connectivity index (χ4n) is 2.48. The Bertz CT molecular complexity index is 318. The van der Waals surface area contributed by atoms with Gasteiger partial charge in [0.2, 0.25) is 6.35 Å². The monoisotopic (exact) mass is 252 g/mol. The second-order valence-corrected chi connectivity index (χ2v) is 5.39. The number of nitrogens with zero attached hydrogens (tertiary/aromatic N) is 1. The van der Waals surface area contributed by atoms with Crippen molar-refractivity contribution in [2.45, 2.75) is 45.4 Å². The van der Waals surface area contributed by atoms with Gasteiger partial charge in [-0.2, -0.15) is 5.01 Å². The molecule has 1 saturated heterocycles. The molecule has 5 nitrogen and oxygen atoms in total. The molecular weight excluding hydrogens is 228 g/mol. The van der Waals surface area contributed by atoms with Crippen molar-refractivity contribution in [2.24, 2.45) is 11.8 Å². The lowest BCUT2D eigenvalue weighted by molar-refractivity contribution is -0.00196. The van der Waals surface area contributed by atoms with Gasteiger partial charge in [0.25, 0.3) is 0 Å². The predicted octanol–water partition coefficient (Wildman–Crippen LogP) is 1.38. The summed E-state index contributed by atoms with van der Waals surface area (Å²) in [6.07, 6.45) is 8.51. The van der Waals surface area contributed by atoms with Crippen LogP contribution in [0.4, 0.5) is 0 Å². The number of hydrogen-bond acceptors (Lipinski definition) is 5. The van der Waals surface area contributed by atoms with Gasteiger partial charge in [-0.3, -0.25) is 0 Å². The summed E-state index contributed by atoms with van der Waals surface area (Å²) in [4.78, 5) is 0. The Kier molecular flexibility index (Phi) is 4.60. The zero-order valence-corrected chi connectivity index (χ0v) is 11.0.